The third-order valence-corrected chi connectivity index (χ3v) is 4.04. The van der Waals surface area contributed by atoms with Crippen LogP contribution in [0.2, 0.25) is 0 Å². The fourth-order valence-electron chi connectivity index (χ4n) is 2.76. The van der Waals surface area contributed by atoms with Gasteiger partial charge in [-0.3, -0.25) is 4.90 Å². The Kier molecular flexibility index (Phi) is 4.98. The van der Waals surface area contributed by atoms with E-state index in [0.717, 1.165) is 41.4 Å². The van der Waals surface area contributed by atoms with Gasteiger partial charge in [-0.1, -0.05) is 11.2 Å². The zero-order chi connectivity index (χ0) is 16.2. The van der Waals surface area contributed by atoms with E-state index in [1.807, 2.05) is 25.1 Å². The molecule has 3 rings (SSSR count). The number of nitrogens with zero attached hydrogens (tertiary/aromatic N) is 2. The van der Waals surface area contributed by atoms with Crippen LogP contribution in [0.1, 0.15) is 48.3 Å². The van der Waals surface area contributed by atoms with Crippen molar-refractivity contribution in [3.63, 3.8) is 0 Å². The van der Waals surface area contributed by atoms with E-state index in [1.165, 1.54) is 12.8 Å². The molecule has 5 heteroatoms. The number of aliphatic hydroxyl groups is 1. The maximum Gasteiger partial charge on any atom is 0.140 e. The molecule has 1 aromatic carbocycles. The first-order valence-corrected chi connectivity index (χ1v) is 8.19. The van der Waals surface area contributed by atoms with Gasteiger partial charge in [0.15, 0.2) is 0 Å². The minimum atomic E-state index is -0.0130. The van der Waals surface area contributed by atoms with Gasteiger partial charge in [0.1, 0.15) is 11.5 Å². The second kappa shape index (κ2) is 7.15. The van der Waals surface area contributed by atoms with Crippen LogP contribution in [0.3, 0.4) is 0 Å². The highest BCUT2D eigenvalue weighted by molar-refractivity contribution is 5.37. The Labute approximate surface area is 136 Å². The lowest BCUT2D eigenvalue weighted by molar-refractivity contribution is 0.266. The maximum atomic E-state index is 9.48. The number of rotatable bonds is 8. The molecular weight excluding hydrogens is 292 g/mol. The van der Waals surface area contributed by atoms with Gasteiger partial charge in [0.05, 0.1) is 18.9 Å². The van der Waals surface area contributed by atoms with Crippen molar-refractivity contribution in [3.8, 4) is 5.75 Å². The van der Waals surface area contributed by atoms with Gasteiger partial charge >= 0.3 is 0 Å². The summed E-state index contributed by atoms with van der Waals surface area (Å²) in [6, 6.07) is 8.05. The second-order valence-electron chi connectivity index (χ2n) is 6.20. The lowest BCUT2D eigenvalue weighted by Gasteiger charge is -2.16. The summed E-state index contributed by atoms with van der Waals surface area (Å²) in [6.07, 6.45) is 2.45. The topological polar surface area (TPSA) is 58.7 Å². The summed E-state index contributed by atoms with van der Waals surface area (Å²) >= 11 is 0. The molecule has 2 aromatic rings. The average molecular weight is 316 g/mol. The van der Waals surface area contributed by atoms with E-state index in [0.29, 0.717) is 12.5 Å². The number of benzene rings is 1. The first-order valence-electron chi connectivity index (χ1n) is 8.19. The largest absolute Gasteiger partial charge is 0.494 e. The van der Waals surface area contributed by atoms with Gasteiger partial charge in [-0.05, 0) is 44.5 Å². The average Bonchev–Trinajstić information content (AvgIpc) is 3.29. The lowest BCUT2D eigenvalue weighted by Crippen LogP contribution is -2.17. The van der Waals surface area contributed by atoms with Gasteiger partial charge < -0.3 is 14.4 Å². The molecule has 1 aromatic heterocycles. The lowest BCUT2D eigenvalue weighted by atomic mass is 10.1. The molecule has 1 saturated carbocycles. The normalized spacial score (nSPS) is 14.4. The quantitative estimate of drug-likeness (QED) is 0.811. The van der Waals surface area contributed by atoms with E-state index in [4.69, 9.17) is 9.26 Å². The molecule has 0 unspecified atom stereocenters. The number of aromatic nitrogens is 1. The van der Waals surface area contributed by atoms with Crippen LogP contribution >= 0.6 is 0 Å². The minimum absolute atomic E-state index is 0.0130. The summed E-state index contributed by atoms with van der Waals surface area (Å²) in [5, 5.41) is 13.6. The smallest absolute Gasteiger partial charge is 0.140 e. The van der Waals surface area contributed by atoms with Crippen molar-refractivity contribution >= 4 is 0 Å². The third kappa shape index (κ3) is 4.12. The fraction of sp³-hybridized carbons (Fsp3) is 0.500. The molecule has 124 valence electrons. The molecule has 1 heterocycles. The second-order valence-corrected chi connectivity index (χ2v) is 6.20. The van der Waals surface area contributed by atoms with E-state index in [2.05, 4.69) is 23.2 Å². The SMILES string of the molecule is CCOc1ccc(CN(C)Cc2cc(C3CC3)on2)cc1CO. The Balaban J connectivity index is 1.60. The summed E-state index contributed by atoms with van der Waals surface area (Å²) in [5.74, 6) is 2.38. The molecule has 1 aliphatic rings. The van der Waals surface area contributed by atoms with Crippen molar-refractivity contribution in [3.05, 3.63) is 46.8 Å². The molecule has 1 fully saturated rings. The Morgan fingerprint density at radius 1 is 1.30 bits per heavy atom. The summed E-state index contributed by atoms with van der Waals surface area (Å²) in [5.41, 5.74) is 2.95. The van der Waals surface area contributed by atoms with Crippen LogP contribution in [0, 0.1) is 0 Å². The number of hydrogen-bond donors (Lipinski definition) is 1. The molecule has 0 atom stereocenters. The molecule has 0 aliphatic heterocycles. The summed E-state index contributed by atoms with van der Waals surface area (Å²) in [6.45, 7) is 4.06. The maximum absolute atomic E-state index is 9.48. The van der Waals surface area contributed by atoms with E-state index in [1.54, 1.807) is 0 Å². The van der Waals surface area contributed by atoms with Gasteiger partial charge in [-0.25, -0.2) is 0 Å². The van der Waals surface area contributed by atoms with Crippen molar-refractivity contribution in [2.24, 2.45) is 0 Å². The highest BCUT2D eigenvalue weighted by Crippen LogP contribution is 2.40. The standard InChI is InChI=1S/C18H24N2O3/c1-3-22-17-7-4-13(8-15(17)12-21)10-20(2)11-16-9-18(23-19-16)14-5-6-14/h4,7-9,14,21H,3,5-6,10-12H2,1-2H3. The Hall–Kier alpha value is -1.85. The third-order valence-electron chi connectivity index (χ3n) is 4.04. The minimum Gasteiger partial charge on any atom is -0.494 e. The van der Waals surface area contributed by atoms with Gasteiger partial charge in [0.2, 0.25) is 0 Å². The zero-order valence-electron chi connectivity index (χ0n) is 13.8. The highest BCUT2D eigenvalue weighted by Gasteiger charge is 2.27. The van der Waals surface area contributed by atoms with Crippen molar-refractivity contribution < 1.29 is 14.4 Å². The molecular formula is C18H24N2O3. The van der Waals surface area contributed by atoms with E-state index in [9.17, 15) is 5.11 Å². The van der Waals surface area contributed by atoms with Gasteiger partial charge in [0.25, 0.3) is 0 Å². The molecule has 0 radical (unpaired) electrons. The van der Waals surface area contributed by atoms with Crippen molar-refractivity contribution in [2.75, 3.05) is 13.7 Å². The summed E-state index contributed by atoms with van der Waals surface area (Å²) in [7, 11) is 2.06. The van der Waals surface area contributed by atoms with Gasteiger partial charge in [-0.2, -0.15) is 0 Å². The molecule has 23 heavy (non-hydrogen) atoms. The predicted molar refractivity (Wildman–Crippen MR) is 87.2 cm³/mol. The van der Waals surface area contributed by atoms with Crippen LogP contribution in [-0.2, 0) is 19.7 Å². The van der Waals surface area contributed by atoms with Crippen molar-refractivity contribution in [1.29, 1.82) is 0 Å². The van der Waals surface area contributed by atoms with Crippen molar-refractivity contribution in [1.82, 2.24) is 10.1 Å². The van der Waals surface area contributed by atoms with Crippen LogP contribution in [0.5, 0.6) is 5.75 Å². The first kappa shape index (κ1) is 16.0. The van der Waals surface area contributed by atoms with Crippen molar-refractivity contribution in [2.45, 2.75) is 45.4 Å². The van der Waals surface area contributed by atoms with Gasteiger partial charge in [0, 0.05) is 30.6 Å². The Morgan fingerprint density at radius 2 is 2.13 bits per heavy atom. The van der Waals surface area contributed by atoms with Crippen LogP contribution in [0.4, 0.5) is 0 Å². The van der Waals surface area contributed by atoms with Crippen LogP contribution in [0.25, 0.3) is 0 Å². The fourth-order valence-corrected chi connectivity index (χ4v) is 2.76. The molecule has 0 amide bonds. The molecule has 5 nitrogen and oxygen atoms in total. The van der Waals surface area contributed by atoms with E-state index < -0.39 is 0 Å². The monoisotopic (exact) mass is 316 g/mol. The number of ether oxygens (including phenoxy) is 1. The molecule has 0 spiro atoms. The summed E-state index contributed by atoms with van der Waals surface area (Å²) in [4.78, 5) is 2.19. The first-order chi connectivity index (χ1) is 11.2. The number of aliphatic hydroxyl groups excluding tert-OH is 1. The Bertz CT molecular complexity index is 649. The van der Waals surface area contributed by atoms with E-state index in [-0.39, 0.29) is 6.61 Å². The molecule has 1 N–H and O–H groups in total. The predicted octanol–water partition coefficient (Wildman–Crippen LogP) is 3.08. The van der Waals surface area contributed by atoms with Crippen LogP contribution < -0.4 is 4.74 Å². The molecule has 0 bridgehead atoms. The molecule has 1 aliphatic carbocycles. The van der Waals surface area contributed by atoms with Crippen LogP contribution in [0.15, 0.2) is 28.8 Å². The zero-order valence-corrected chi connectivity index (χ0v) is 13.8. The molecule has 0 saturated heterocycles. The summed E-state index contributed by atoms with van der Waals surface area (Å²) < 4.78 is 10.9. The Morgan fingerprint density at radius 3 is 2.83 bits per heavy atom. The van der Waals surface area contributed by atoms with Crippen LogP contribution in [-0.4, -0.2) is 28.8 Å². The van der Waals surface area contributed by atoms with Gasteiger partial charge in [-0.15, -0.1) is 0 Å². The number of hydrogen-bond acceptors (Lipinski definition) is 5. The van der Waals surface area contributed by atoms with E-state index >= 15 is 0 Å². The highest BCUT2D eigenvalue weighted by atomic mass is 16.5.